The van der Waals surface area contributed by atoms with Gasteiger partial charge in [0.05, 0.1) is 20.3 Å². The van der Waals surface area contributed by atoms with Crippen molar-refractivity contribution in [3.8, 4) is 11.5 Å². The fourth-order valence-corrected chi connectivity index (χ4v) is 2.94. The molecule has 2 unspecified atom stereocenters. The van der Waals surface area contributed by atoms with Gasteiger partial charge in [0.25, 0.3) is 0 Å². The SMILES string of the molecule is COC(=O)Oc1ccc(C(CC(C)OC(=O)CCC(C)C)[C@H](N)C(=O)O)cc1OC(=O)OC. The molecule has 1 aromatic carbocycles. The van der Waals surface area contributed by atoms with Gasteiger partial charge in [0.2, 0.25) is 0 Å². The maximum atomic E-state index is 12.1. The Morgan fingerprint density at radius 2 is 1.55 bits per heavy atom. The Bertz CT molecular complexity index is 838. The zero-order valence-corrected chi connectivity index (χ0v) is 19.4. The zero-order valence-electron chi connectivity index (χ0n) is 19.4. The first-order valence-electron chi connectivity index (χ1n) is 10.3. The van der Waals surface area contributed by atoms with Gasteiger partial charge in [-0.2, -0.15) is 0 Å². The van der Waals surface area contributed by atoms with Gasteiger partial charge in [-0.25, -0.2) is 9.59 Å². The van der Waals surface area contributed by atoms with E-state index < -0.39 is 42.3 Å². The van der Waals surface area contributed by atoms with Crippen LogP contribution in [-0.4, -0.2) is 55.7 Å². The number of hydrogen-bond acceptors (Lipinski definition) is 10. The standard InChI is InChI=1S/C22H31NO10/c1-12(2)6-9-18(24)31-13(3)10-15(19(23)20(25)26)14-7-8-16(32-21(27)29-4)17(11-14)33-22(28)30-5/h7-8,11-13,15,19H,6,9-10,23H2,1-5H3,(H,25,26)/t13?,15?,19-/m0/s1. The van der Waals surface area contributed by atoms with E-state index in [-0.39, 0.29) is 24.3 Å². The highest BCUT2D eigenvalue weighted by molar-refractivity contribution is 5.75. The maximum absolute atomic E-state index is 12.1. The normalized spacial score (nSPS) is 13.4. The van der Waals surface area contributed by atoms with Crippen molar-refractivity contribution in [2.45, 2.75) is 58.1 Å². The van der Waals surface area contributed by atoms with E-state index in [1.165, 1.54) is 18.2 Å². The van der Waals surface area contributed by atoms with Crippen LogP contribution >= 0.6 is 0 Å². The summed E-state index contributed by atoms with van der Waals surface area (Å²) in [6.07, 6.45) is -1.80. The molecule has 1 aromatic rings. The number of carboxylic acids is 1. The van der Waals surface area contributed by atoms with Gasteiger partial charge in [0.1, 0.15) is 6.04 Å². The second-order valence-corrected chi connectivity index (χ2v) is 7.76. The van der Waals surface area contributed by atoms with Gasteiger partial charge >= 0.3 is 24.2 Å². The van der Waals surface area contributed by atoms with Crippen LogP contribution < -0.4 is 15.2 Å². The van der Waals surface area contributed by atoms with Gasteiger partial charge in [-0.1, -0.05) is 19.9 Å². The number of methoxy groups -OCH3 is 2. The summed E-state index contributed by atoms with van der Waals surface area (Å²) in [5.74, 6) is -2.54. The largest absolute Gasteiger partial charge is 0.513 e. The first-order valence-corrected chi connectivity index (χ1v) is 10.3. The minimum Gasteiger partial charge on any atom is -0.480 e. The average Bonchev–Trinajstić information content (AvgIpc) is 2.76. The van der Waals surface area contributed by atoms with Crippen molar-refractivity contribution in [2.75, 3.05) is 14.2 Å². The highest BCUT2D eigenvalue weighted by Gasteiger charge is 2.30. The molecule has 0 saturated carbocycles. The topological polar surface area (TPSA) is 161 Å². The maximum Gasteiger partial charge on any atom is 0.513 e. The molecule has 184 valence electrons. The molecule has 3 atom stereocenters. The minimum absolute atomic E-state index is 0.0791. The Kier molecular flexibility index (Phi) is 11.1. The smallest absolute Gasteiger partial charge is 0.480 e. The number of esters is 1. The predicted molar refractivity (Wildman–Crippen MR) is 115 cm³/mol. The second-order valence-electron chi connectivity index (χ2n) is 7.76. The van der Waals surface area contributed by atoms with Gasteiger partial charge in [-0.05, 0) is 43.4 Å². The summed E-state index contributed by atoms with van der Waals surface area (Å²) in [5.41, 5.74) is 6.26. The van der Waals surface area contributed by atoms with Crippen molar-refractivity contribution >= 4 is 24.2 Å². The van der Waals surface area contributed by atoms with E-state index in [9.17, 15) is 24.3 Å². The molecule has 0 aliphatic carbocycles. The number of aliphatic carboxylic acids is 1. The molecule has 0 heterocycles. The molecular weight excluding hydrogens is 438 g/mol. The molecule has 0 fully saturated rings. The van der Waals surface area contributed by atoms with Crippen molar-refractivity contribution in [1.82, 2.24) is 0 Å². The Morgan fingerprint density at radius 1 is 0.970 bits per heavy atom. The molecule has 0 radical (unpaired) electrons. The van der Waals surface area contributed by atoms with E-state index in [1.54, 1.807) is 6.92 Å². The summed E-state index contributed by atoms with van der Waals surface area (Å²) in [6.45, 7) is 5.61. The monoisotopic (exact) mass is 469 g/mol. The zero-order chi connectivity index (χ0) is 25.1. The van der Waals surface area contributed by atoms with Crippen molar-refractivity contribution in [3.63, 3.8) is 0 Å². The number of hydrogen-bond donors (Lipinski definition) is 2. The summed E-state index contributed by atoms with van der Waals surface area (Å²) in [6, 6.07) is 2.70. The van der Waals surface area contributed by atoms with E-state index >= 15 is 0 Å². The fraction of sp³-hybridized carbons (Fsp3) is 0.545. The minimum atomic E-state index is -1.36. The van der Waals surface area contributed by atoms with E-state index in [0.29, 0.717) is 17.9 Å². The molecule has 0 aliphatic rings. The van der Waals surface area contributed by atoms with Crippen LogP contribution in [0.25, 0.3) is 0 Å². The molecule has 1 rings (SSSR count). The molecular formula is C22H31NO10. The molecule has 0 bridgehead atoms. The Morgan fingerprint density at radius 3 is 2.06 bits per heavy atom. The van der Waals surface area contributed by atoms with Gasteiger partial charge in [0, 0.05) is 12.3 Å². The van der Waals surface area contributed by atoms with Crippen LogP contribution in [0, 0.1) is 5.92 Å². The Balaban J connectivity index is 3.20. The van der Waals surface area contributed by atoms with Crippen LogP contribution in [0.3, 0.4) is 0 Å². The summed E-state index contributed by atoms with van der Waals surface area (Å²) in [5, 5.41) is 9.49. The van der Waals surface area contributed by atoms with Crippen LogP contribution in [0.5, 0.6) is 11.5 Å². The third-order valence-corrected chi connectivity index (χ3v) is 4.68. The van der Waals surface area contributed by atoms with Gasteiger partial charge in [-0.3, -0.25) is 9.59 Å². The molecule has 11 heteroatoms. The predicted octanol–water partition coefficient (Wildman–Crippen LogP) is 3.23. The summed E-state index contributed by atoms with van der Waals surface area (Å²) in [7, 11) is 2.19. The number of benzene rings is 1. The summed E-state index contributed by atoms with van der Waals surface area (Å²) < 4.78 is 24.3. The third-order valence-electron chi connectivity index (χ3n) is 4.68. The lowest BCUT2D eigenvalue weighted by Gasteiger charge is -2.25. The molecule has 33 heavy (non-hydrogen) atoms. The molecule has 3 N–H and O–H groups in total. The highest BCUT2D eigenvalue weighted by atomic mass is 16.7. The van der Waals surface area contributed by atoms with E-state index in [0.717, 1.165) is 14.2 Å². The lowest BCUT2D eigenvalue weighted by Crippen LogP contribution is -2.38. The Hall–Kier alpha value is -3.34. The summed E-state index contributed by atoms with van der Waals surface area (Å²) in [4.78, 5) is 46.8. The van der Waals surface area contributed by atoms with Crippen molar-refractivity contribution in [2.24, 2.45) is 11.7 Å². The van der Waals surface area contributed by atoms with Crippen molar-refractivity contribution < 1.29 is 48.0 Å². The number of carbonyl (C=O) groups is 4. The quantitative estimate of drug-likeness (QED) is 0.278. The van der Waals surface area contributed by atoms with Crippen LogP contribution in [0.15, 0.2) is 18.2 Å². The highest BCUT2D eigenvalue weighted by Crippen LogP contribution is 2.35. The molecule has 11 nitrogen and oxygen atoms in total. The van der Waals surface area contributed by atoms with Gasteiger partial charge in [-0.15, -0.1) is 0 Å². The van der Waals surface area contributed by atoms with Crippen LogP contribution in [-0.2, 0) is 23.8 Å². The van der Waals surface area contributed by atoms with Gasteiger partial charge < -0.3 is 34.5 Å². The number of carboxylic acid groups (broad SMARTS) is 1. The van der Waals surface area contributed by atoms with E-state index in [1.807, 2.05) is 13.8 Å². The van der Waals surface area contributed by atoms with Crippen molar-refractivity contribution in [3.05, 3.63) is 23.8 Å². The molecule has 0 spiro atoms. The first-order chi connectivity index (χ1) is 15.5. The number of rotatable bonds is 11. The second kappa shape index (κ2) is 13.3. The molecule has 0 amide bonds. The molecule has 0 aromatic heterocycles. The molecule has 0 saturated heterocycles. The third kappa shape index (κ3) is 9.36. The van der Waals surface area contributed by atoms with Crippen LogP contribution in [0.4, 0.5) is 9.59 Å². The summed E-state index contributed by atoms with van der Waals surface area (Å²) >= 11 is 0. The fourth-order valence-electron chi connectivity index (χ4n) is 2.94. The number of nitrogens with two attached hydrogens (primary N) is 1. The van der Waals surface area contributed by atoms with Crippen LogP contribution in [0.1, 0.15) is 51.5 Å². The lowest BCUT2D eigenvalue weighted by atomic mass is 9.87. The van der Waals surface area contributed by atoms with E-state index in [4.69, 9.17) is 19.9 Å². The van der Waals surface area contributed by atoms with Gasteiger partial charge in [0.15, 0.2) is 11.5 Å². The van der Waals surface area contributed by atoms with E-state index in [2.05, 4.69) is 9.47 Å². The first kappa shape index (κ1) is 27.7. The van der Waals surface area contributed by atoms with Crippen molar-refractivity contribution in [1.29, 1.82) is 0 Å². The number of ether oxygens (including phenoxy) is 5. The average molecular weight is 469 g/mol. The molecule has 0 aliphatic heterocycles. The Labute approximate surface area is 192 Å². The number of carbonyl (C=O) groups excluding carboxylic acids is 3. The lowest BCUT2D eigenvalue weighted by molar-refractivity contribution is -0.149. The van der Waals surface area contributed by atoms with Crippen LogP contribution in [0.2, 0.25) is 0 Å².